The van der Waals surface area contributed by atoms with Crippen LogP contribution in [0.25, 0.3) is 0 Å². The van der Waals surface area contributed by atoms with E-state index in [1.54, 1.807) is 0 Å². The molecule has 0 amide bonds. The first kappa shape index (κ1) is 29.8. The maximum atomic E-state index is 5.04. The molecule has 0 spiro atoms. The molecule has 0 unspecified atom stereocenters. The minimum absolute atomic E-state index is 0.708. The molecule has 0 aliphatic carbocycles. The molecular weight excluding hydrogens is 629 g/mol. The lowest BCUT2D eigenvalue weighted by molar-refractivity contribution is 0.634. The first-order valence-electron chi connectivity index (χ1n) is 15.9. The van der Waals surface area contributed by atoms with E-state index in [2.05, 4.69) is 103 Å². The van der Waals surface area contributed by atoms with Crippen molar-refractivity contribution in [3.8, 4) is 0 Å². The molecule has 0 bridgehead atoms. The molecule has 240 valence electrons. The molecule has 1 N–H and O–H groups in total. The zero-order chi connectivity index (χ0) is 31.9. The predicted molar refractivity (Wildman–Crippen MR) is 187 cm³/mol. The summed E-state index contributed by atoms with van der Waals surface area (Å²) >= 11 is 3.02. The second kappa shape index (κ2) is 12.6. The molecule has 47 heavy (non-hydrogen) atoms. The van der Waals surface area contributed by atoms with Crippen LogP contribution in [-0.4, -0.2) is 87.2 Å². The number of aromatic nitrogens is 7. The summed E-state index contributed by atoms with van der Waals surface area (Å²) in [5, 5.41) is 12.3. The van der Waals surface area contributed by atoms with Gasteiger partial charge in [-0.2, -0.15) is 0 Å². The van der Waals surface area contributed by atoms with Gasteiger partial charge in [0.25, 0.3) is 0 Å². The number of piperazine rings is 2. The Kier molecular flexibility index (Phi) is 7.97. The van der Waals surface area contributed by atoms with Gasteiger partial charge < -0.3 is 19.6 Å². The minimum Gasteiger partial charge on any atom is -0.368 e. The van der Waals surface area contributed by atoms with E-state index in [-0.39, 0.29) is 0 Å². The fourth-order valence-electron chi connectivity index (χ4n) is 6.08. The third-order valence-corrected chi connectivity index (χ3v) is 10.9. The molecular formula is C33H36N12S2. The Labute approximate surface area is 282 Å². The van der Waals surface area contributed by atoms with Crippen molar-refractivity contribution >= 4 is 52.5 Å². The van der Waals surface area contributed by atoms with Gasteiger partial charge in [-0.1, -0.05) is 36.4 Å². The van der Waals surface area contributed by atoms with Crippen LogP contribution in [0.2, 0.25) is 0 Å². The van der Waals surface area contributed by atoms with Gasteiger partial charge in [0.15, 0.2) is 0 Å². The monoisotopic (exact) mass is 664 g/mol. The molecule has 2 aromatic carbocycles. The number of nitrogens with one attached hydrogen (secondary N) is 1. The number of nitrogens with zero attached hydrogens (tertiary/aromatic N) is 11. The van der Waals surface area contributed by atoms with E-state index >= 15 is 0 Å². The molecule has 0 radical (unpaired) electrons. The van der Waals surface area contributed by atoms with E-state index < -0.39 is 0 Å². The van der Waals surface area contributed by atoms with Crippen molar-refractivity contribution in [2.24, 2.45) is 0 Å². The number of para-hydroxylation sites is 2. The van der Waals surface area contributed by atoms with E-state index in [4.69, 9.17) is 19.9 Å². The molecule has 3 aromatic heterocycles. The zero-order valence-corrected chi connectivity index (χ0v) is 28.3. The van der Waals surface area contributed by atoms with Crippen LogP contribution in [-0.2, 0) is 0 Å². The van der Waals surface area contributed by atoms with Gasteiger partial charge >= 0.3 is 0 Å². The molecule has 8 rings (SSSR count). The summed E-state index contributed by atoms with van der Waals surface area (Å²) in [4.78, 5) is 29.2. The fraction of sp³-hybridized carbons (Fsp3) is 0.333. The zero-order valence-electron chi connectivity index (χ0n) is 26.7. The largest absolute Gasteiger partial charge is 0.368 e. The quantitative estimate of drug-likeness (QED) is 0.244. The first-order chi connectivity index (χ1) is 23.0. The molecule has 0 saturated carbocycles. The van der Waals surface area contributed by atoms with Gasteiger partial charge in [-0.3, -0.25) is 5.43 Å². The Hall–Kier alpha value is -4.56. The second-order valence-electron chi connectivity index (χ2n) is 11.9. The third kappa shape index (κ3) is 5.91. The average Bonchev–Trinajstić information content (AvgIpc) is 3.51. The summed E-state index contributed by atoms with van der Waals surface area (Å²) in [6.07, 6.45) is 0. The number of aryl methyl sites for hydroxylation is 2. The molecule has 14 heteroatoms. The Morgan fingerprint density at radius 3 is 1.74 bits per heavy atom. The topological polar surface area (TPSA) is 107 Å². The summed E-state index contributed by atoms with van der Waals surface area (Å²) in [5.74, 6) is 1.52. The van der Waals surface area contributed by atoms with Gasteiger partial charge in [-0.05, 0) is 68.6 Å². The van der Waals surface area contributed by atoms with Crippen molar-refractivity contribution in [1.29, 1.82) is 0 Å². The van der Waals surface area contributed by atoms with Crippen molar-refractivity contribution in [3.63, 3.8) is 0 Å². The molecule has 5 aromatic rings. The number of hydrogen-bond acceptors (Lipinski definition) is 13. The number of rotatable bonds is 6. The van der Waals surface area contributed by atoms with Crippen LogP contribution in [0.5, 0.6) is 0 Å². The van der Waals surface area contributed by atoms with Crippen LogP contribution in [0.1, 0.15) is 17.0 Å². The van der Waals surface area contributed by atoms with Gasteiger partial charge in [0.05, 0.1) is 5.69 Å². The van der Waals surface area contributed by atoms with Crippen LogP contribution >= 0.6 is 23.5 Å². The maximum Gasteiger partial charge on any atom is 0.226 e. The SMILES string of the molecule is Cc1nc(N2CCN(c3ccccc3)CC2)nc(Sc2nnc3n2Nc2c(C)nc(N4CCN(c5ccccc5)CC4)nc2S3)c1C. The van der Waals surface area contributed by atoms with Crippen molar-refractivity contribution in [2.75, 3.05) is 77.4 Å². The average molecular weight is 665 g/mol. The van der Waals surface area contributed by atoms with E-state index in [1.165, 1.54) is 34.9 Å². The van der Waals surface area contributed by atoms with Crippen molar-refractivity contribution in [1.82, 2.24) is 34.8 Å². The van der Waals surface area contributed by atoms with Crippen molar-refractivity contribution < 1.29 is 0 Å². The Morgan fingerprint density at radius 2 is 1.15 bits per heavy atom. The Morgan fingerprint density at radius 1 is 0.617 bits per heavy atom. The highest BCUT2D eigenvalue weighted by molar-refractivity contribution is 8.00. The highest BCUT2D eigenvalue weighted by Crippen LogP contribution is 2.41. The summed E-state index contributed by atoms with van der Waals surface area (Å²) < 4.78 is 1.92. The standard InChI is InChI=1S/C33H36N12S2/c1-22-23(2)34-30(43-18-14-41(15-19-43)25-10-6-4-7-11-25)36-28(22)46-32-38-39-33-45(32)40-27-24(3)35-31(37-29(27)47-33)44-20-16-42(17-21-44)26-12-8-5-9-13-26/h4-13,40H,14-21H2,1-3H3. The summed E-state index contributed by atoms with van der Waals surface area (Å²) in [6.45, 7) is 13.3. The van der Waals surface area contributed by atoms with Crippen molar-refractivity contribution in [3.05, 3.63) is 77.6 Å². The predicted octanol–water partition coefficient (Wildman–Crippen LogP) is 4.93. The van der Waals surface area contributed by atoms with Crippen LogP contribution in [0, 0.1) is 20.8 Å². The minimum atomic E-state index is 0.708. The summed E-state index contributed by atoms with van der Waals surface area (Å²) in [7, 11) is 0. The van der Waals surface area contributed by atoms with Crippen LogP contribution < -0.4 is 25.0 Å². The molecule has 2 saturated heterocycles. The molecule has 3 aliphatic rings. The van der Waals surface area contributed by atoms with E-state index in [9.17, 15) is 0 Å². The maximum absolute atomic E-state index is 5.04. The van der Waals surface area contributed by atoms with Crippen LogP contribution in [0.4, 0.5) is 29.0 Å². The van der Waals surface area contributed by atoms with Crippen LogP contribution in [0.15, 0.2) is 81.0 Å². The number of anilines is 5. The fourth-order valence-corrected chi connectivity index (χ4v) is 7.95. The second-order valence-corrected chi connectivity index (χ2v) is 13.8. The van der Waals surface area contributed by atoms with E-state index in [0.29, 0.717) is 5.16 Å². The van der Waals surface area contributed by atoms with E-state index in [0.717, 1.165) is 102 Å². The lowest BCUT2D eigenvalue weighted by atomic mass is 10.2. The number of benzene rings is 2. The smallest absolute Gasteiger partial charge is 0.226 e. The number of hydrogen-bond donors (Lipinski definition) is 1. The Bertz CT molecular complexity index is 1890. The van der Waals surface area contributed by atoms with Crippen LogP contribution in [0.3, 0.4) is 0 Å². The number of fused-ring (bicyclic) bond motifs is 2. The molecule has 2 fully saturated rings. The molecule has 12 nitrogen and oxygen atoms in total. The van der Waals surface area contributed by atoms with Gasteiger partial charge in [0.2, 0.25) is 22.2 Å². The lowest BCUT2D eigenvalue weighted by Gasteiger charge is -2.36. The highest BCUT2D eigenvalue weighted by Gasteiger charge is 2.29. The van der Waals surface area contributed by atoms with Crippen molar-refractivity contribution in [2.45, 2.75) is 41.1 Å². The van der Waals surface area contributed by atoms with Gasteiger partial charge in [0, 0.05) is 75.0 Å². The van der Waals surface area contributed by atoms with Gasteiger partial charge in [-0.25, -0.2) is 24.6 Å². The lowest BCUT2D eigenvalue weighted by Crippen LogP contribution is -2.47. The first-order valence-corrected chi connectivity index (χ1v) is 17.6. The van der Waals surface area contributed by atoms with Gasteiger partial charge in [-0.15, -0.1) is 10.2 Å². The normalized spacial score (nSPS) is 16.1. The summed E-state index contributed by atoms with van der Waals surface area (Å²) in [6, 6.07) is 21.1. The highest BCUT2D eigenvalue weighted by atomic mass is 32.2. The molecule has 3 aliphatic heterocycles. The molecule has 0 atom stereocenters. The van der Waals surface area contributed by atoms with Gasteiger partial charge in [0.1, 0.15) is 15.7 Å². The Balaban J connectivity index is 0.967. The summed E-state index contributed by atoms with van der Waals surface area (Å²) in [5.41, 5.74) is 9.80. The molecule has 6 heterocycles. The third-order valence-electron chi connectivity index (χ3n) is 8.95. The van der Waals surface area contributed by atoms with E-state index in [1.807, 2.05) is 18.5 Å².